The summed E-state index contributed by atoms with van der Waals surface area (Å²) in [6, 6.07) is 0. The van der Waals surface area contributed by atoms with Gasteiger partial charge in [-0.05, 0) is 46.0 Å². The molecule has 1 heterocycles. The van der Waals surface area contributed by atoms with E-state index in [1.54, 1.807) is 0 Å². The summed E-state index contributed by atoms with van der Waals surface area (Å²) in [6.45, 7) is 5.90. The van der Waals surface area contributed by atoms with Crippen LogP contribution in [0.1, 0.15) is 46.0 Å². The van der Waals surface area contributed by atoms with Crippen LogP contribution in [0, 0.1) is 0 Å². The van der Waals surface area contributed by atoms with Crippen LogP contribution in [0.2, 0.25) is 0 Å². The van der Waals surface area contributed by atoms with Crippen LogP contribution in [0.15, 0.2) is 0 Å². The van der Waals surface area contributed by atoms with Crippen LogP contribution in [-0.2, 0) is 4.74 Å². The molecule has 1 saturated heterocycles. The number of ether oxygens (including phenoxy) is 1. The van der Waals surface area contributed by atoms with Crippen molar-refractivity contribution < 1.29 is 9.84 Å². The van der Waals surface area contributed by atoms with Gasteiger partial charge in [-0.15, -0.1) is 0 Å². The van der Waals surface area contributed by atoms with E-state index in [0.717, 1.165) is 38.8 Å². The van der Waals surface area contributed by atoms with Gasteiger partial charge in [0.15, 0.2) is 0 Å². The monoisotopic (exact) mass is 213 g/mol. The second-order valence-electron chi connectivity index (χ2n) is 5.75. The molecule has 0 aromatic carbocycles. The Kier molecular flexibility index (Phi) is 3.06. The minimum atomic E-state index is -0.409. The Bertz CT molecular complexity index is 224. The average molecular weight is 213 g/mol. The van der Waals surface area contributed by atoms with Crippen LogP contribution >= 0.6 is 0 Å². The number of hydrogen-bond donors (Lipinski definition) is 2. The number of nitrogens with one attached hydrogen (secondary N) is 1. The standard InChI is InChI=1S/C12H23NO2/c1-11(2)7-4-10(15-11)8-13-9-12(14)5-3-6-12/h10,13-14H,3-9H2,1-2H3. The van der Waals surface area contributed by atoms with Crippen LogP contribution < -0.4 is 5.32 Å². The lowest BCUT2D eigenvalue weighted by atomic mass is 9.80. The summed E-state index contributed by atoms with van der Waals surface area (Å²) < 4.78 is 5.87. The molecular weight excluding hydrogens is 190 g/mol. The first-order valence-corrected chi connectivity index (χ1v) is 6.10. The van der Waals surface area contributed by atoms with E-state index in [2.05, 4.69) is 19.2 Å². The van der Waals surface area contributed by atoms with Gasteiger partial charge in [0.25, 0.3) is 0 Å². The minimum absolute atomic E-state index is 0.0553. The predicted octanol–water partition coefficient (Wildman–Crippen LogP) is 1.45. The Morgan fingerprint density at radius 2 is 2.07 bits per heavy atom. The summed E-state index contributed by atoms with van der Waals surface area (Å²) in [5, 5.41) is 13.2. The first-order chi connectivity index (χ1) is 6.99. The lowest BCUT2D eigenvalue weighted by Crippen LogP contribution is -2.47. The molecule has 3 nitrogen and oxygen atoms in total. The van der Waals surface area contributed by atoms with E-state index in [4.69, 9.17) is 4.74 Å². The fraction of sp³-hybridized carbons (Fsp3) is 1.00. The van der Waals surface area contributed by atoms with E-state index in [1.807, 2.05) is 0 Å². The fourth-order valence-electron chi connectivity index (χ4n) is 2.45. The quantitative estimate of drug-likeness (QED) is 0.742. The van der Waals surface area contributed by atoms with Crippen molar-refractivity contribution >= 4 is 0 Å². The van der Waals surface area contributed by atoms with Gasteiger partial charge in [0.05, 0.1) is 17.3 Å². The van der Waals surface area contributed by atoms with Gasteiger partial charge in [-0.2, -0.15) is 0 Å². The summed E-state index contributed by atoms with van der Waals surface area (Å²) in [5.74, 6) is 0. The second kappa shape index (κ2) is 4.04. The van der Waals surface area contributed by atoms with Crippen molar-refractivity contribution in [1.82, 2.24) is 5.32 Å². The topological polar surface area (TPSA) is 41.5 Å². The van der Waals surface area contributed by atoms with Crippen molar-refractivity contribution in [3.05, 3.63) is 0 Å². The first kappa shape index (κ1) is 11.4. The maximum atomic E-state index is 9.88. The van der Waals surface area contributed by atoms with Crippen LogP contribution in [0.3, 0.4) is 0 Å². The molecule has 2 N–H and O–H groups in total. The summed E-state index contributed by atoms with van der Waals surface area (Å²) in [6.07, 6.45) is 5.70. The van der Waals surface area contributed by atoms with Gasteiger partial charge in [-0.1, -0.05) is 0 Å². The zero-order valence-corrected chi connectivity index (χ0v) is 9.88. The minimum Gasteiger partial charge on any atom is -0.389 e. The van der Waals surface area contributed by atoms with Gasteiger partial charge >= 0.3 is 0 Å². The van der Waals surface area contributed by atoms with Crippen molar-refractivity contribution in [2.45, 2.75) is 63.3 Å². The van der Waals surface area contributed by atoms with Crippen molar-refractivity contribution in [2.75, 3.05) is 13.1 Å². The van der Waals surface area contributed by atoms with E-state index in [-0.39, 0.29) is 5.60 Å². The lowest BCUT2D eigenvalue weighted by Gasteiger charge is -2.37. The third-order valence-electron chi connectivity index (χ3n) is 3.66. The molecule has 0 radical (unpaired) electrons. The van der Waals surface area contributed by atoms with Crippen LogP contribution in [0.5, 0.6) is 0 Å². The fourth-order valence-corrected chi connectivity index (χ4v) is 2.45. The number of hydrogen-bond acceptors (Lipinski definition) is 3. The summed E-state index contributed by atoms with van der Waals surface area (Å²) in [4.78, 5) is 0. The summed E-state index contributed by atoms with van der Waals surface area (Å²) in [5.41, 5.74) is -0.353. The molecule has 3 heteroatoms. The van der Waals surface area contributed by atoms with Gasteiger partial charge in [0.1, 0.15) is 0 Å². The van der Waals surface area contributed by atoms with Crippen LogP contribution in [0.4, 0.5) is 0 Å². The molecule has 0 aromatic heterocycles. The second-order valence-corrected chi connectivity index (χ2v) is 5.75. The molecule has 1 unspecified atom stereocenters. The third-order valence-corrected chi connectivity index (χ3v) is 3.66. The average Bonchev–Trinajstić information content (AvgIpc) is 2.43. The molecule has 2 rings (SSSR count). The zero-order chi connectivity index (χ0) is 10.9. The molecular formula is C12H23NO2. The molecule has 1 aliphatic carbocycles. The Balaban J connectivity index is 1.62. The summed E-state index contributed by atoms with van der Waals surface area (Å²) >= 11 is 0. The van der Waals surface area contributed by atoms with E-state index >= 15 is 0 Å². The zero-order valence-electron chi connectivity index (χ0n) is 9.88. The van der Waals surface area contributed by atoms with Crippen LogP contribution in [-0.4, -0.2) is 35.5 Å². The van der Waals surface area contributed by atoms with Crippen molar-refractivity contribution in [1.29, 1.82) is 0 Å². The lowest BCUT2D eigenvalue weighted by molar-refractivity contribution is -0.0402. The molecule has 2 aliphatic rings. The van der Waals surface area contributed by atoms with Crippen molar-refractivity contribution in [2.24, 2.45) is 0 Å². The maximum Gasteiger partial charge on any atom is 0.0771 e. The molecule has 0 amide bonds. The predicted molar refractivity (Wildman–Crippen MR) is 59.9 cm³/mol. The van der Waals surface area contributed by atoms with Crippen LogP contribution in [0.25, 0.3) is 0 Å². The number of rotatable bonds is 4. The van der Waals surface area contributed by atoms with Gasteiger partial charge in [-0.25, -0.2) is 0 Å². The van der Waals surface area contributed by atoms with E-state index < -0.39 is 5.60 Å². The molecule has 1 aliphatic heterocycles. The molecule has 0 bridgehead atoms. The first-order valence-electron chi connectivity index (χ1n) is 6.10. The summed E-state index contributed by atoms with van der Waals surface area (Å²) in [7, 11) is 0. The number of aliphatic hydroxyl groups is 1. The highest BCUT2D eigenvalue weighted by Gasteiger charge is 2.35. The van der Waals surface area contributed by atoms with E-state index in [9.17, 15) is 5.11 Å². The normalized spacial score (nSPS) is 32.6. The molecule has 1 atom stereocenters. The van der Waals surface area contributed by atoms with Gasteiger partial charge in [0, 0.05) is 13.1 Å². The SMILES string of the molecule is CC1(C)CCC(CNCC2(O)CCC2)O1. The van der Waals surface area contributed by atoms with Gasteiger partial charge in [0.2, 0.25) is 0 Å². The Morgan fingerprint density at radius 3 is 2.53 bits per heavy atom. The Labute approximate surface area is 92.2 Å². The maximum absolute atomic E-state index is 9.88. The van der Waals surface area contributed by atoms with Gasteiger partial charge < -0.3 is 15.2 Å². The highest BCUT2D eigenvalue weighted by Crippen LogP contribution is 2.31. The van der Waals surface area contributed by atoms with E-state index in [0.29, 0.717) is 6.10 Å². The smallest absolute Gasteiger partial charge is 0.0771 e. The van der Waals surface area contributed by atoms with E-state index in [1.165, 1.54) is 6.42 Å². The molecule has 88 valence electrons. The molecule has 1 saturated carbocycles. The van der Waals surface area contributed by atoms with Gasteiger partial charge in [-0.3, -0.25) is 0 Å². The Hall–Kier alpha value is -0.120. The Morgan fingerprint density at radius 1 is 1.33 bits per heavy atom. The molecule has 2 fully saturated rings. The highest BCUT2D eigenvalue weighted by atomic mass is 16.5. The van der Waals surface area contributed by atoms with Crippen molar-refractivity contribution in [3.63, 3.8) is 0 Å². The third kappa shape index (κ3) is 2.92. The molecule has 15 heavy (non-hydrogen) atoms. The molecule has 0 spiro atoms. The highest BCUT2D eigenvalue weighted by molar-refractivity contribution is 4.90. The molecule has 0 aromatic rings. The largest absolute Gasteiger partial charge is 0.389 e. The van der Waals surface area contributed by atoms with Crippen molar-refractivity contribution in [3.8, 4) is 0 Å².